The molecule has 0 saturated carbocycles. The zero-order valence-electron chi connectivity index (χ0n) is 16.1. The highest BCUT2D eigenvalue weighted by molar-refractivity contribution is 7.12. The first kappa shape index (κ1) is 19.3. The number of alkyl halides is 3. The molecule has 154 valence electrons. The van der Waals surface area contributed by atoms with E-state index in [1.807, 2.05) is 29.6 Å². The van der Waals surface area contributed by atoms with Gasteiger partial charge in [-0.25, -0.2) is 9.97 Å². The molecule has 1 fully saturated rings. The van der Waals surface area contributed by atoms with Crippen LogP contribution in [-0.2, 0) is 12.7 Å². The van der Waals surface area contributed by atoms with Crippen LogP contribution >= 0.6 is 11.3 Å². The maximum Gasteiger partial charge on any atom is 0.417 e. The molecule has 3 heterocycles. The number of likely N-dealkylation sites (tertiary alicyclic amines) is 1. The van der Waals surface area contributed by atoms with E-state index in [-0.39, 0.29) is 11.4 Å². The van der Waals surface area contributed by atoms with E-state index in [9.17, 15) is 13.2 Å². The van der Waals surface area contributed by atoms with E-state index in [1.165, 1.54) is 17.4 Å². The van der Waals surface area contributed by atoms with Crippen molar-refractivity contribution in [3.8, 4) is 16.5 Å². The van der Waals surface area contributed by atoms with Gasteiger partial charge in [0.2, 0.25) is 0 Å². The van der Waals surface area contributed by atoms with Crippen LogP contribution in [0.3, 0.4) is 0 Å². The zero-order chi connectivity index (χ0) is 20.7. The summed E-state index contributed by atoms with van der Waals surface area (Å²) in [6, 6.07) is 11.8. The van der Waals surface area contributed by atoms with Crippen LogP contribution in [0.1, 0.15) is 24.0 Å². The van der Waals surface area contributed by atoms with Crippen LogP contribution in [0.2, 0.25) is 0 Å². The number of hydrogen-bond acceptors (Lipinski definition) is 4. The lowest BCUT2D eigenvalue weighted by Gasteiger charge is -2.18. The Bertz CT molecular complexity index is 1180. The summed E-state index contributed by atoms with van der Waals surface area (Å²) >= 11 is 1.37. The van der Waals surface area contributed by atoms with Gasteiger partial charge < -0.3 is 0 Å². The maximum atomic E-state index is 13.9. The Balaban J connectivity index is 1.72. The molecule has 0 N–H and O–H groups in total. The number of halogens is 3. The Kier molecular flexibility index (Phi) is 4.83. The minimum absolute atomic E-state index is 0.0885. The normalized spacial score (nSPS) is 15.3. The number of rotatable bonds is 4. The van der Waals surface area contributed by atoms with E-state index in [4.69, 9.17) is 0 Å². The third-order valence-corrected chi connectivity index (χ3v) is 6.16. The lowest BCUT2D eigenvalue weighted by atomic mass is 10.0. The van der Waals surface area contributed by atoms with Gasteiger partial charge in [-0.2, -0.15) is 13.2 Å². The van der Waals surface area contributed by atoms with Crippen LogP contribution in [0.4, 0.5) is 13.2 Å². The Morgan fingerprint density at radius 1 is 1.03 bits per heavy atom. The smallest absolute Gasteiger partial charge is 0.299 e. The van der Waals surface area contributed by atoms with Gasteiger partial charge in [0.05, 0.1) is 16.6 Å². The van der Waals surface area contributed by atoms with Crippen molar-refractivity contribution in [1.29, 1.82) is 0 Å². The van der Waals surface area contributed by atoms with Crippen molar-refractivity contribution in [1.82, 2.24) is 19.4 Å². The van der Waals surface area contributed by atoms with Gasteiger partial charge in [-0.1, -0.05) is 18.2 Å². The second kappa shape index (κ2) is 7.52. The number of benzene rings is 2. The molecule has 2 aromatic carbocycles. The number of fused-ring (bicyclic) bond motifs is 1. The molecule has 0 spiro atoms. The van der Waals surface area contributed by atoms with E-state index in [0.29, 0.717) is 17.2 Å². The average molecular weight is 428 g/mol. The van der Waals surface area contributed by atoms with Crippen molar-refractivity contribution in [2.24, 2.45) is 0 Å². The van der Waals surface area contributed by atoms with Gasteiger partial charge in [-0.15, -0.1) is 11.3 Å². The molecule has 4 nitrogen and oxygen atoms in total. The summed E-state index contributed by atoms with van der Waals surface area (Å²) in [5.74, 6) is 0.266. The van der Waals surface area contributed by atoms with E-state index >= 15 is 0 Å². The van der Waals surface area contributed by atoms with E-state index < -0.39 is 11.7 Å². The van der Waals surface area contributed by atoms with Crippen LogP contribution in [0.25, 0.3) is 27.6 Å². The van der Waals surface area contributed by atoms with Crippen LogP contribution < -0.4 is 0 Å². The van der Waals surface area contributed by atoms with Gasteiger partial charge in [0, 0.05) is 23.7 Å². The number of para-hydroxylation sites is 2. The molecule has 1 saturated heterocycles. The van der Waals surface area contributed by atoms with Crippen molar-refractivity contribution in [3.05, 3.63) is 65.2 Å². The fraction of sp³-hybridized carbons (Fsp3) is 0.273. The second-order valence-corrected chi connectivity index (χ2v) is 8.31. The first-order chi connectivity index (χ1) is 14.5. The fourth-order valence-electron chi connectivity index (χ4n) is 4.05. The topological polar surface area (TPSA) is 34.0 Å². The quantitative estimate of drug-likeness (QED) is 0.414. The number of thiazole rings is 1. The average Bonchev–Trinajstić information content (AvgIpc) is 3.47. The Morgan fingerprint density at radius 2 is 1.83 bits per heavy atom. The summed E-state index contributed by atoms with van der Waals surface area (Å²) in [4.78, 5) is 11.2. The van der Waals surface area contributed by atoms with Gasteiger partial charge in [0.25, 0.3) is 0 Å². The molecule has 0 bridgehead atoms. The maximum absolute atomic E-state index is 13.9. The second-order valence-electron chi connectivity index (χ2n) is 7.44. The fourth-order valence-corrected chi connectivity index (χ4v) is 4.70. The summed E-state index contributed by atoms with van der Waals surface area (Å²) in [7, 11) is 0. The van der Waals surface area contributed by atoms with Crippen LogP contribution in [0.5, 0.6) is 0 Å². The van der Waals surface area contributed by atoms with Crippen molar-refractivity contribution in [2.45, 2.75) is 25.6 Å². The van der Waals surface area contributed by atoms with Gasteiger partial charge in [0.15, 0.2) is 5.13 Å². The minimum atomic E-state index is -4.48. The third kappa shape index (κ3) is 3.50. The molecule has 0 unspecified atom stereocenters. The van der Waals surface area contributed by atoms with E-state index in [0.717, 1.165) is 37.0 Å². The zero-order valence-corrected chi connectivity index (χ0v) is 16.9. The summed E-state index contributed by atoms with van der Waals surface area (Å²) in [5, 5.41) is 2.40. The monoisotopic (exact) mass is 428 g/mol. The molecular formula is C22H19F3N4S. The van der Waals surface area contributed by atoms with E-state index in [1.54, 1.807) is 22.9 Å². The van der Waals surface area contributed by atoms with Gasteiger partial charge in [0.1, 0.15) is 5.82 Å². The summed E-state index contributed by atoms with van der Waals surface area (Å²) in [6.07, 6.45) is -0.568. The number of imidazole rings is 1. The predicted octanol–water partition coefficient (Wildman–Crippen LogP) is 5.76. The van der Waals surface area contributed by atoms with Gasteiger partial charge in [-0.05, 0) is 55.8 Å². The number of hydrogen-bond donors (Lipinski definition) is 0. The highest BCUT2D eigenvalue weighted by Crippen LogP contribution is 2.39. The Labute approximate surface area is 175 Å². The summed E-state index contributed by atoms with van der Waals surface area (Å²) < 4.78 is 43.5. The first-order valence-corrected chi connectivity index (χ1v) is 10.7. The highest BCUT2D eigenvalue weighted by atomic mass is 32.1. The van der Waals surface area contributed by atoms with Crippen molar-refractivity contribution >= 4 is 22.4 Å². The number of nitrogens with zero attached hydrogens (tertiary/aromatic N) is 4. The molecule has 0 radical (unpaired) electrons. The Hall–Kier alpha value is -2.71. The van der Waals surface area contributed by atoms with Gasteiger partial charge >= 0.3 is 6.18 Å². The van der Waals surface area contributed by atoms with Crippen molar-refractivity contribution < 1.29 is 13.2 Å². The van der Waals surface area contributed by atoms with Crippen LogP contribution in [0.15, 0.2) is 54.0 Å². The van der Waals surface area contributed by atoms with Crippen molar-refractivity contribution in [3.63, 3.8) is 0 Å². The molecule has 0 amide bonds. The molecule has 1 aliphatic heterocycles. The summed E-state index contributed by atoms with van der Waals surface area (Å²) in [6.45, 7) is 2.60. The van der Waals surface area contributed by atoms with Crippen LogP contribution in [0, 0.1) is 0 Å². The molecule has 30 heavy (non-hydrogen) atoms. The molecule has 0 aliphatic carbocycles. The largest absolute Gasteiger partial charge is 0.417 e. The van der Waals surface area contributed by atoms with Gasteiger partial charge in [-0.3, -0.25) is 9.47 Å². The molecule has 1 aliphatic rings. The Morgan fingerprint density at radius 3 is 2.57 bits per heavy atom. The van der Waals surface area contributed by atoms with E-state index in [2.05, 4.69) is 14.9 Å². The molecule has 2 aromatic heterocycles. The summed E-state index contributed by atoms with van der Waals surface area (Å²) in [5.41, 5.74) is 1.64. The SMILES string of the molecule is FC(F)(F)c1ccc(CN2CCCC2)cc1-c1nc2ccccc2n1-c1nccs1. The highest BCUT2D eigenvalue weighted by Gasteiger charge is 2.35. The minimum Gasteiger partial charge on any atom is -0.299 e. The van der Waals surface area contributed by atoms with Crippen LogP contribution in [-0.4, -0.2) is 32.5 Å². The molecule has 0 atom stereocenters. The molecule has 5 rings (SSSR count). The standard InChI is InChI=1S/C22H19F3N4S/c23-22(24,25)17-8-7-15(14-28-10-3-4-11-28)13-16(17)20-27-18-5-1-2-6-19(18)29(20)21-26-9-12-30-21/h1-2,5-9,12-13H,3-4,10-11,14H2. The lowest BCUT2D eigenvalue weighted by Crippen LogP contribution is -2.19. The molecular weight excluding hydrogens is 409 g/mol. The molecule has 8 heteroatoms. The predicted molar refractivity (Wildman–Crippen MR) is 112 cm³/mol. The molecule has 4 aromatic rings. The first-order valence-electron chi connectivity index (χ1n) is 9.81. The lowest BCUT2D eigenvalue weighted by molar-refractivity contribution is -0.137. The van der Waals surface area contributed by atoms with Crippen molar-refractivity contribution in [2.75, 3.05) is 13.1 Å². The third-order valence-electron chi connectivity index (χ3n) is 5.41. The number of aromatic nitrogens is 3.